The highest BCUT2D eigenvalue weighted by molar-refractivity contribution is 7.90. The van der Waals surface area contributed by atoms with E-state index in [1.165, 1.54) is 25.7 Å². The number of likely N-dealkylation sites (tertiary alicyclic amines) is 1. The molecule has 4 rings (SSSR count). The fraction of sp³-hybridized carbons (Fsp3) is 0.650. The number of aliphatic hydroxyl groups is 1. The molecule has 0 spiro atoms. The highest BCUT2D eigenvalue weighted by Gasteiger charge is 2.34. The van der Waals surface area contributed by atoms with Gasteiger partial charge >= 0.3 is 5.97 Å². The van der Waals surface area contributed by atoms with E-state index in [0.717, 1.165) is 61.6 Å². The molecule has 3 N–H and O–H groups in total. The van der Waals surface area contributed by atoms with Gasteiger partial charge in [-0.05, 0) is 80.3 Å². The molecule has 11 heteroatoms. The topological polar surface area (TPSA) is 142 Å². The molecule has 0 bridgehead atoms. The van der Waals surface area contributed by atoms with Gasteiger partial charge in [0.05, 0.1) is 30.7 Å². The Morgan fingerprint density at radius 1 is 1.00 bits per heavy atom. The van der Waals surface area contributed by atoms with Crippen molar-refractivity contribution in [1.29, 1.82) is 0 Å². The second-order valence-electron chi connectivity index (χ2n) is 14.1. The van der Waals surface area contributed by atoms with Crippen LogP contribution >= 0.6 is 0 Å². The highest BCUT2D eigenvalue weighted by Crippen LogP contribution is 2.31. The molecule has 2 aromatic rings. The van der Waals surface area contributed by atoms with E-state index in [1.54, 1.807) is 13.2 Å². The monoisotopic (exact) mass is 732 g/mol. The van der Waals surface area contributed by atoms with Gasteiger partial charge in [-0.3, -0.25) is 9.69 Å². The third-order valence-corrected chi connectivity index (χ3v) is 10.00. The molecule has 4 atom stereocenters. The standard InChI is InChI=1S/C32H44N2O7S.C5H12O.C3H8/c1-22-9-7-8-12-27(22)29-17-23(13-14-28(29)31(35)33-30(32(36)37)15-16-42(3,38)39)19-34-20-26(18-24(34)21-40-2)41-25-10-5-4-6-11-25;1-3-4-5(2)6;1-3-2/h7-9,12-14,17,24-26,30H,4-6,10-11,15-16,18-21H2,1-3H3,(H,33,35)(H,36,37);5-6H,3-4H2,1-2H3;3H2,1-2H3/t24?,26-,30?;;/m0../s1. The van der Waals surface area contributed by atoms with Crippen molar-refractivity contribution < 1.29 is 37.7 Å². The number of amides is 1. The Balaban J connectivity index is 0.000000893. The van der Waals surface area contributed by atoms with Crippen LogP contribution in [0.25, 0.3) is 11.1 Å². The zero-order valence-corrected chi connectivity index (χ0v) is 32.8. The number of ether oxygens (including phenoxy) is 2. The lowest BCUT2D eigenvalue weighted by molar-refractivity contribution is -0.139. The second kappa shape index (κ2) is 23.0. The summed E-state index contributed by atoms with van der Waals surface area (Å²) in [6, 6.07) is 12.3. The van der Waals surface area contributed by atoms with Gasteiger partial charge in [0.1, 0.15) is 15.9 Å². The number of rotatable bonds is 15. The summed E-state index contributed by atoms with van der Waals surface area (Å²) in [7, 11) is -1.67. The first-order valence-corrected chi connectivity index (χ1v) is 20.8. The van der Waals surface area contributed by atoms with Gasteiger partial charge in [-0.15, -0.1) is 0 Å². The Hall–Kier alpha value is -2.83. The number of carboxylic acid groups (broad SMARTS) is 1. The van der Waals surface area contributed by atoms with Gasteiger partial charge in [-0.1, -0.05) is 83.2 Å². The molecule has 1 saturated carbocycles. The number of carbonyl (C=O) groups excluding carboxylic acids is 1. The van der Waals surface area contributed by atoms with Crippen LogP contribution in [-0.4, -0.2) is 98.1 Å². The van der Waals surface area contributed by atoms with E-state index in [0.29, 0.717) is 30.4 Å². The number of aliphatic hydroxyl groups excluding tert-OH is 1. The second-order valence-corrected chi connectivity index (χ2v) is 16.4. The minimum atomic E-state index is -3.39. The fourth-order valence-electron chi connectivity index (χ4n) is 6.53. The molecule has 0 radical (unpaired) electrons. The quantitative estimate of drug-likeness (QED) is 0.180. The molecule has 51 heavy (non-hydrogen) atoms. The van der Waals surface area contributed by atoms with Gasteiger partial charge < -0.3 is 25.0 Å². The first-order valence-electron chi connectivity index (χ1n) is 18.7. The average Bonchev–Trinajstić information content (AvgIpc) is 3.43. The van der Waals surface area contributed by atoms with Gasteiger partial charge in [0, 0.05) is 38.1 Å². The van der Waals surface area contributed by atoms with E-state index >= 15 is 0 Å². The molecule has 0 aromatic heterocycles. The third-order valence-electron chi connectivity index (χ3n) is 9.02. The third kappa shape index (κ3) is 16.2. The summed E-state index contributed by atoms with van der Waals surface area (Å²) in [5.41, 5.74) is 3.92. The summed E-state index contributed by atoms with van der Waals surface area (Å²) in [5.74, 6) is -2.16. The van der Waals surface area contributed by atoms with Crippen LogP contribution in [0.4, 0.5) is 0 Å². The van der Waals surface area contributed by atoms with Crippen molar-refractivity contribution in [2.24, 2.45) is 0 Å². The van der Waals surface area contributed by atoms with E-state index < -0.39 is 27.8 Å². The molecule has 1 aliphatic carbocycles. The fourth-order valence-corrected chi connectivity index (χ4v) is 7.20. The van der Waals surface area contributed by atoms with Gasteiger partial charge in [-0.25, -0.2) is 13.2 Å². The van der Waals surface area contributed by atoms with Gasteiger partial charge in [0.2, 0.25) is 0 Å². The summed E-state index contributed by atoms with van der Waals surface area (Å²) in [4.78, 5) is 27.7. The van der Waals surface area contributed by atoms with Crippen molar-refractivity contribution in [1.82, 2.24) is 10.2 Å². The predicted octanol–water partition coefficient (Wildman–Crippen LogP) is 6.80. The first kappa shape index (κ1) is 44.3. The Kier molecular flexibility index (Phi) is 20.0. The van der Waals surface area contributed by atoms with E-state index in [9.17, 15) is 23.1 Å². The van der Waals surface area contributed by atoms with Gasteiger partial charge in [0.15, 0.2) is 0 Å². The first-order chi connectivity index (χ1) is 24.2. The molecule has 1 heterocycles. The Morgan fingerprint density at radius 3 is 2.22 bits per heavy atom. The largest absolute Gasteiger partial charge is 0.480 e. The van der Waals surface area contributed by atoms with E-state index in [-0.39, 0.29) is 30.4 Å². The molecule has 2 fully saturated rings. The van der Waals surface area contributed by atoms with Crippen LogP contribution in [0.15, 0.2) is 42.5 Å². The number of aliphatic carboxylic acids is 1. The number of carbonyl (C=O) groups is 2. The summed E-state index contributed by atoms with van der Waals surface area (Å²) >= 11 is 0. The molecule has 10 nitrogen and oxygen atoms in total. The molecular formula is C40H64N2O8S. The number of hydrogen-bond donors (Lipinski definition) is 3. The molecule has 3 unspecified atom stereocenters. The van der Waals surface area contributed by atoms with Crippen molar-refractivity contribution in [3.8, 4) is 11.1 Å². The molecule has 288 valence electrons. The summed E-state index contributed by atoms with van der Waals surface area (Å²) in [6.45, 7) is 12.2. The number of benzene rings is 2. The molecule has 1 saturated heterocycles. The van der Waals surface area contributed by atoms with Crippen LogP contribution in [0.1, 0.15) is 113 Å². The lowest BCUT2D eigenvalue weighted by Crippen LogP contribution is -2.42. The van der Waals surface area contributed by atoms with Gasteiger partial charge in [-0.2, -0.15) is 0 Å². The number of nitrogens with zero attached hydrogens (tertiary/aromatic N) is 1. The minimum Gasteiger partial charge on any atom is -0.480 e. The Morgan fingerprint density at radius 2 is 1.67 bits per heavy atom. The highest BCUT2D eigenvalue weighted by atomic mass is 32.2. The Labute approximate surface area is 307 Å². The summed E-state index contributed by atoms with van der Waals surface area (Å²) in [5, 5.41) is 20.8. The van der Waals surface area contributed by atoms with Crippen LogP contribution < -0.4 is 5.32 Å². The zero-order chi connectivity index (χ0) is 38.0. The number of hydrogen-bond acceptors (Lipinski definition) is 8. The van der Waals surface area contributed by atoms with Crippen LogP contribution in [0.5, 0.6) is 0 Å². The van der Waals surface area contributed by atoms with Crippen molar-refractivity contribution in [2.75, 3.05) is 32.3 Å². The molecule has 2 aliphatic rings. The maximum Gasteiger partial charge on any atom is 0.326 e. The van der Waals surface area contributed by atoms with Crippen LogP contribution in [0.2, 0.25) is 0 Å². The van der Waals surface area contributed by atoms with Gasteiger partial charge in [0.25, 0.3) is 5.91 Å². The number of nitrogens with one attached hydrogen (secondary N) is 1. The molecule has 1 aliphatic heterocycles. The van der Waals surface area contributed by atoms with E-state index in [4.69, 9.17) is 14.6 Å². The van der Waals surface area contributed by atoms with Crippen LogP contribution in [0.3, 0.4) is 0 Å². The van der Waals surface area contributed by atoms with E-state index in [2.05, 4.69) is 31.0 Å². The van der Waals surface area contributed by atoms with Crippen molar-refractivity contribution >= 4 is 21.7 Å². The number of carboxylic acids is 1. The summed E-state index contributed by atoms with van der Waals surface area (Å²) in [6.07, 6.45) is 11.4. The lowest BCUT2D eigenvalue weighted by Gasteiger charge is -2.26. The van der Waals surface area contributed by atoms with Crippen molar-refractivity contribution in [3.05, 3.63) is 59.2 Å². The predicted molar refractivity (Wildman–Crippen MR) is 205 cm³/mol. The van der Waals surface area contributed by atoms with E-state index in [1.807, 2.05) is 50.2 Å². The van der Waals surface area contributed by atoms with Crippen molar-refractivity contribution in [3.63, 3.8) is 0 Å². The number of methoxy groups -OCH3 is 1. The van der Waals surface area contributed by atoms with Crippen molar-refractivity contribution in [2.45, 2.75) is 136 Å². The average molecular weight is 733 g/mol. The number of aryl methyl sites for hydroxylation is 1. The molecule has 2 aromatic carbocycles. The normalized spacial score (nSPS) is 19.2. The number of sulfone groups is 1. The maximum absolute atomic E-state index is 13.4. The van der Waals surface area contributed by atoms with Crippen LogP contribution in [-0.2, 0) is 30.7 Å². The SMILES string of the molecule is CCC.CCCC(C)O.COCC1C[C@H](OC2CCCCC2)CN1Cc1ccc(C(=O)NC(CCS(C)(=O)=O)C(=O)O)c(-c2ccccc2C)c1. The smallest absolute Gasteiger partial charge is 0.326 e. The summed E-state index contributed by atoms with van der Waals surface area (Å²) < 4.78 is 35.3. The molecule has 1 amide bonds. The maximum atomic E-state index is 13.4. The molecular weight excluding hydrogens is 669 g/mol. The lowest BCUT2D eigenvalue weighted by atomic mass is 9.93. The zero-order valence-electron chi connectivity index (χ0n) is 32.0. The Bertz CT molecular complexity index is 1440. The minimum absolute atomic E-state index is 0.102. The van der Waals surface area contributed by atoms with Crippen LogP contribution in [0, 0.1) is 6.92 Å².